The number of aliphatic carboxylic acids is 1. The third-order valence-corrected chi connectivity index (χ3v) is 7.18. The number of alkyl carbamates (subject to hydrolysis) is 1. The molecule has 1 fully saturated rings. The van der Waals surface area contributed by atoms with Gasteiger partial charge in [0.15, 0.2) is 0 Å². The summed E-state index contributed by atoms with van der Waals surface area (Å²) in [6.45, 7) is 2.22. The second-order valence-electron chi connectivity index (χ2n) is 9.62. The second-order valence-corrected chi connectivity index (χ2v) is 9.62. The van der Waals surface area contributed by atoms with Crippen LogP contribution in [0.2, 0.25) is 0 Å². The molecule has 0 spiro atoms. The zero-order chi connectivity index (χ0) is 24.8. The van der Waals surface area contributed by atoms with E-state index in [0.717, 1.165) is 25.7 Å². The van der Waals surface area contributed by atoms with Crippen LogP contribution in [-0.2, 0) is 14.3 Å². The highest BCUT2D eigenvalue weighted by molar-refractivity contribution is 5.79. The van der Waals surface area contributed by atoms with Crippen molar-refractivity contribution in [2.24, 2.45) is 5.92 Å². The standard InChI is InChI=1S/C28H34N2O5/c1-2-8-19(16-27(32)33)29-26(31)15-18-9-7-14-25(18)30-28(34)35-17-24-22-12-5-3-10-20(22)21-11-4-6-13-23(21)24/h3-6,10-13,18-19,24-25H,2,7-9,14-17H2,1H3,(H,29,31)(H,30,34)(H,32,33)/t18-,19?,25+/m0/s1. The van der Waals surface area contributed by atoms with Crippen LogP contribution in [0.3, 0.4) is 0 Å². The molecule has 0 aromatic heterocycles. The highest BCUT2D eigenvalue weighted by Gasteiger charge is 2.33. The molecule has 2 amide bonds. The van der Waals surface area contributed by atoms with E-state index in [-0.39, 0.29) is 49.3 Å². The van der Waals surface area contributed by atoms with Crippen molar-refractivity contribution < 1.29 is 24.2 Å². The maximum absolute atomic E-state index is 12.7. The van der Waals surface area contributed by atoms with Crippen LogP contribution in [0.25, 0.3) is 11.1 Å². The monoisotopic (exact) mass is 478 g/mol. The van der Waals surface area contributed by atoms with Crippen molar-refractivity contribution in [2.45, 2.75) is 69.9 Å². The van der Waals surface area contributed by atoms with E-state index >= 15 is 0 Å². The minimum atomic E-state index is -0.917. The van der Waals surface area contributed by atoms with Crippen LogP contribution in [0.4, 0.5) is 4.79 Å². The Morgan fingerprint density at radius 2 is 1.69 bits per heavy atom. The molecule has 0 heterocycles. The van der Waals surface area contributed by atoms with Crippen molar-refractivity contribution in [1.82, 2.24) is 10.6 Å². The molecule has 1 unspecified atom stereocenters. The average molecular weight is 479 g/mol. The van der Waals surface area contributed by atoms with Crippen LogP contribution in [0.5, 0.6) is 0 Å². The molecular formula is C28H34N2O5. The molecule has 2 aromatic carbocycles. The van der Waals surface area contributed by atoms with Gasteiger partial charge in [-0.3, -0.25) is 9.59 Å². The van der Waals surface area contributed by atoms with E-state index in [4.69, 9.17) is 9.84 Å². The number of carbonyl (C=O) groups excluding carboxylic acids is 2. The summed E-state index contributed by atoms with van der Waals surface area (Å²) in [6.07, 6.45) is 3.74. The number of carboxylic acids is 1. The van der Waals surface area contributed by atoms with Crippen molar-refractivity contribution in [3.8, 4) is 11.1 Å². The molecule has 0 bridgehead atoms. The number of amides is 2. The molecule has 2 aromatic rings. The molecule has 2 aliphatic rings. The Labute approximate surface area is 206 Å². The Morgan fingerprint density at radius 1 is 1.03 bits per heavy atom. The molecule has 1 saturated carbocycles. The highest BCUT2D eigenvalue weighted by atomic mass is 16.5. The second kappa shape index (κ2) is 11.4. The summed E-state index contributed by atoms with van der Waals surface area (Å²) in [6, 6.07) is 15.9. The molecule has 7 heteroatoms. The molecule has 0 radical (unpaired) electrons. The summed E-state index contributed by atoms with van der Waals surface area (Å²) < 4.78 is 5.68. The fraction of sp³-hybridized carbons (Fsp3) is 0.464. The minimum Gasteiger partial charge on any atom is -0.481 e. The molecular weight excluding hydrogens is 444 g/mol. The van der Waals surface area contributed by atoms with E-state index in [2.05, 4.69) is 34.9 Å². The lowest BCUT2D eigenvalue weighted by Gasteiger charge is -2.23. The Kier molecular flexibility index (Phi) is 8.06. The normalized spacial score (nSPS) is 19.5. The van der Waals surface area contributed by atoms with E-state index in [1.54, 1.807) is 0 Å². The minimum absolute atomic E-state index is 0.00281. The molecule has 3 N–H and O–H groups in total. The SMILES string of the molecule is CCCC(CC(=O)O)NC(=O)C[C@@H]1CCC[C@H]1NC(=O)OCC1c2ccccc2-c2ccccc21. The number of fused-ring (bicyclic) bond motifs is 3. The van der Waals surface area contributed by atoms with Crippen LogP contribution in [0.15, 0.2) is 48.5 Å². The molecule has 0 saturated heterocycles. The van der Waals surface area contributed by atoms with Gasteiger partial charge in [-0.2, -0.15) is 0 Å². The van der Waals surface area contributed by atoms with Crippen LogP contribution in [-0.4, -0.2) is 41.8 Å². The fourth-order valence-corrected chi connectivity index (χ4v) is 5.57. The number of hydrogen-bond acceptors (Lipinski definition) is 4. The Balaban J connectivity index is 1.30. The van der Waals surface area contributed by atoms with E-state index in [0.29, 0.717) is 6.42 Å². The van der Waals surface area contributed by atoms with Gasteiger partial charge in [0.1, 0.15) is 6.61 Å². The number of rotatable bonds is 10. The largest absolute Gasteiger partial charge is 0.481 e. The lowest BCUT2D eigenvalue weighted by Crippen LogP contribution is -2.42. The van der Waals surface area contributed by atoms with Gasteiger partial charge in [-0.15, -0.1) is 0 Å². The van der Waals surface area contributed by atoms with Crippen molar-refractivity contribution in [3.63, 3.8) is 0 Å². The Hall–Kier alpha value is -3.35. The van der Waals surface area contributed by atoms with Gasteiger partial charge in [0.2, 0.25) is 5.91 Å². The maximum atomic E-state index is 12.7. The fourth-order valence-electron chi connectivity index (χ4n) is 5.57. The van der Waals surface area contributed by atoms with Gasteiger partial charge in [0.05, 0.1) is 6.42 Å². The molecule has 35 heavy (non-hydrogen) atoms. The molecule has 4 rings (SSSR count). The van der Waals surface area contributed by atoms with Gasteiger partial charge in [-0.05, 0) is 47.4 Å². The lowest BCUT2D eigenvalue weighted by molar-refractivity contribution is -0.137. The first-order valence-corrected chi connectivity index (χ1v) is 12.6. The number of ether oxygens (including phenoxy) is 1. The number of carbonyl (C=O) groups is 3. The van der Waals surface area contributed by atoms with Gasteiger partial charge < -0.3 is 20.5 Å². The smallest absolute Gasteiger partial charge is 0.407 e. The topological polar surface area (TPSA) is 105 Å². The first-order chi connectivity index (χ1) is 17.0. The Morgan fingerprint density at radius 3 is 2.31 bits per heavy atom. The van der Waals surface area contributed by atoms with Gasteiger partial charge in [0, 0.05) is 24.4 Å². The van der Waals surface area contributed by atoms with E-state index in [9.17, 15) is 14.4 Å². The van der Waals surface area contributed by atoms with Gasteiger partial charge in [-0.1, -0.05) is 68.3 Å². The van der Waals surface area contributed by atoms with Crippen LogP contribution in [0, 0.1) is 5.92 Å². The zero-order valence-corrected chi connectivity index (χ0v) is 20.2. The van der Waals surface area contributed by atoms with Crippen molar-refractivity contribution in [2.75, 3.05) is 6.61 Å². The van der Waals surface area contributed by atoms with E-state index in [1.807, 2.05) is 31.2 Å². The zero-order valence-electron chi connectivity index (χ0n) is 20.2. The molecule has 7 nitrogen and oxygen atoms in total. The van der Waals surface area contributed by atoms with Crippen LogP contribution < -0.4 is 10.6 Å². The predicted molar refractivity (Wildman–Crippen MR) is 133 cm³/mol. The first-order valence-electron chi connectivity index (χ1n) is 12.6. The van der Waals surface area contributed by atoms with Gasteiger partial charge in [0.25, 0.3) is 0 Å². The average Bonchev–Trinajstić information content (AvgIpc) is 3.39. The van der Waals surface area contributed by atoms with E-state index in [1.165, 1.54) is 22.3 Å². The van der Waals surface area contributed by atoms with Gasteiger partial charge >= 0.3 is 12.1 Å². The molecule has 2 aliphatic carbocycles. The summed E-state index contributed by atoms with van der Waals surface area (Å²) in [5.41, 5.74) is 4.70. The summed E-state index contributed by atoms with van der Waals surface area (Å²) in [5.74, 6) is -1.05. The third-order valence-electron chi connectivity index (χ3n) is 7.18. The quantitative estimate of drug-likeness (QED) is 0.453. The number of carboxylic acid groups (broad SMARTS) is 1. The van der Waals surface area contributed by atoms with Crippen molar-refractivity contribution in [1.29, 1.82) is 0 Å². The number of nitrogens with one attached hydrogen (secondary N) is 2. The maximum Gasteiger partial charge on any atom is 0.407 e. The Bertz CT molecular complexity index is 1020. The summed E-state index contributed by atoms with van der Waals surface area (Å²) in [4.78, 5) is 36.3. The third kappa shape index (κ3) is 6.02. The summed E-state index contributed by atoms with van der Waals surface area (Å²) in [7, 11) is 0. The van der Waals surface area contributed by atoms with Crippen LogP contribution >= 0.6 is 0 Å². The first kappa shape index (κ1) is 24.8. The number of hydrogen-bond donors (Lipinski definition) is 3. The highest BCUT2D eigenvalue weighted by Crippen LogP contribution is 2.44. The lowest BCUT2D eigenvalue weighted by atomic mass is 9.98. The summed E-state index contributed by atoms with van der Waals surface area (Å²) >= 11 is 0. The predicted octanol–water partition coefficient (Wildman–Crippen LogP) is 4.84. The van der Waals surface area contributed by atoms with Crippen molar-refractivity contribution in [3.05, 3.63) is 59.7 Å². The van der Waals surface area contributed by atoms with Crippen molar-refractivity contribution >= 4 is 18.0 Å². The summed E-state index contributed by atoms with van der Waals surface area (Å²) in [5, 5.41) is 14.9. The molecule has 186 valence electrons. The molecule has 0 aliphatic heterocycles. The van der Waals surface area contributed by atoms with E-state index < -0.39 is 12.1 Å². The number of benzene rings is 2. The van der Waals surface area contributed by atoms with Gasteiger partial charge in [-0.25, -0.2) is 4.79 Å². The molecule has 3 atom stereocenters. The van der Waals surface area contributed by atoms with Crippen LogP contribution in [0.1, 0.15) is 68.9 Å².